The van der Waals surface area contributed by atoms with Gasteiger partial charge in [-0.1, -0.05) is 168 Å². The van der Waals surface area contributed by atoms with Crippen molar-refractivity contribution in [3.63, 3.8) is 0 Å². The molecule has 0 bridgehead atoms. The zero-order valence-electron chi connectivity index (χ0n) is 24.0. The molecule has 0 aromatic rings. The van der Waals surface area contributed by atoms with Crippen molar-refractivity contribution in [2.24, 2.45) is 11.8 Å². The molecule has 0 aromatic carbocycles. The van der Waals surface area contributed by atoms with Gasteiger partial charge in [-0.3, -0.25) is 4.79 Å². The van der Waals surface area contributed by atoms with Gasteiger partial charge in [0.2, 0.25) is 0 Å². The number of carboxylic acid groups (broad SMARTS) is 1. The summed E-state index contributed by atoms with van der Waals surface area (Å²) in [6, 6.07) is 0. The van der Waals surface area contributed by atoms with Crippen LogP contribution in [0.4, 0.5) is 0 Å². The molecule has 0 saturated heterocycles. The molecule has 0 aliphatic rings. The second-order valence-electron chi connectivity index (χ2n) is 11.2. The Kier molecular flexibility index (Phi) is 27.6. The van der Waals surface area contributed by atoms with Crippen molar-refractivity contribution in [2.45, 2.75) is 181 Å². The highest BCUT2D eigenvalue weighted by atomic mass is 16.4. The van der Waals surface area contributed by atoms with Gasteiger partial charge in [0.05, 0.1) is 5.92 Å². The molecular weight excluding hydrogens is 432 g/mol. The van der Waals surface area contributed by atoms with Crippen LogP contribution in [0.2, 0.25) is 0 Å². The van der Waals surface area contributed by atoms with Crippen molar-refractivity contribution in [3.05, 3.63) is 0 Å². The molecular formula is C32H64O3. The lowest BCUT2D eigenvalue weighted by Crippen LogP contribution is -2.26. The Labute approximate surface area is 220 Å². The van der Waals surface area contributed by atoms with E-state index in [2.05, 4.69) is 13.8 Å². The molecule has 2 atom stereocenters. The van der Waals surface area contributed by atoms with Gasteiger partial charge in [0.15, 0.2) is 0 Å². The fraction of sp³-hybridized carbons (Fsp3) is 0.969. The molecule has 210 valence electrons. The van der Waals surface area contributed by atoms with E-state index in [1.165, 1.54) is 135 Å². The number of aliphatic hydroxyl groups excluding tert-OH is 1. The minimum Gasteiger partial charge on any atom is -0.481 e. The van der Waals surface area contributed by atoms with E-state index in [0.29, 0.717) is 0 Å². The highest BCUT2D eigenvalue weighted by molar-refractivity contribution is 5.70. The van der Waals surface area contributed by atoms with Gasteiger partial charge in [-0.05, 0) is 18.8 Å². The summed E-state index contributed by atoms with van der Waals surface area (Å²) in [6.45, 7) is 4.55. The fourth-order valence-electron chi connectivity index (χ4n) is 5.43. The Morgan fingerprint density at radius 3 is 1.06 bits per heavy atom. The van der Waals surface area contributed by atoms with E-state index in [0.717, 1.165) is 32.1 Å². The third kappa shape index (κ3) is 23.6. The molecule has 2 N–H and O–H groups in total. The summed E-state index contributed by atoms with van der Waals surface area (Å²) in [6.07, 6.45) is 33.0. The molecule has 0 spiro atoms. The topological polar surface area (TPSA) is 57.5 Å². The van der Waals surface area contributed by atoms with Gasteiger partial charge in [0, 0.05) is 6.61 Å². The predicted octanol–water partition coefficient (Wildman–Crippen LogP) is 10.5. The molecule has 3 nitrogen and oxygen atoms in total. The first-order valence-electron chi connectivity index (χ1n) is 16.0. The van der Waals surface area contributed by atoms with Crippen LogP contribution in [0.3, 0.4) is 0 Å². The lowest BCUT2D eigenvalue weighted by molar-refractivity contribution is -0.144. The number of rotatable bonds is 29. The first-order valence-corrected chi connectivity index (χ1v) is 16.0. The summed E-state index contributed by atoms with van der Waals surface area (Å²) in [5.74, 6) is -1.13. The van der Waals surface area contributed by atoms with Crippen molar-refractivity contribution in [2.75, 3.05) is 6.61 Å². The Balaban J connectivity index is 3.71. The first-order chi connectivity index (χ1) is 17.2. The van der Waals surface area contributed by atoms with Gasteiger partial charge in [-0.15, -0.1) is 0 Å². The summed E-state index contributed by atoms with van der Waals surface area (Å²) in [5.41, 5.74) is 0. The van der Waals surface area contributed by atoms with Gasteiger partial charge in [-0.25, -0.2) is 0 Å². The van der Waals surface area contributed by atoms with Gasteiger partial charge in [0.25, 0.3) is 0 Å². The summed E-state index contributed by atoms with van der Waals surface area (Å²) >= 11 is 0. The third-order valence-corrected chi connectivity index (χ3v) is 7.92. The third-order valence-electron chi connectivity index (χ3n) is 7.92. The Morgan fingerprint density at radius 2 is 0.771 bits per heavy atom. The molecule has 0 radical (unpaired) electrons. The average molecular weight is 497 g/mol. The van der Waals surface area contributed by atoms with Crippen LogP contribution >= 0.6 is 0 Å². The average Bonchev–Trinajstić information content (AvgIpc) is 2.85. The zero-order valence-corrected chi connectivity index (χ0v) is 24.0. The maximum Gasteiger partial charge on any atom is 0.306 e. The quantitative estimate of drug-likeness (QED) is 0.101. The van der Waals surface area contributed by atoms with Crippen LogP contribution in [0.5, 0.6) is 0 Å². The molecule has 2 unspecified atom stereocenters. The molecule has 0 heterocycles. The number of unbranched alkanes of at least 4 members (excludes halogenated alkanes) is 22. The zero-order chi connectivity index (χ0) is 25.8. The van der Waals surface area contributed by atoms with E-state index in [9.17, 15) is 15.0 Å². The van der Waals surface area contributed by atoms with Crippen molar-refractivity contribution in [3.8, 4) is 0 Å². The number of carboxylic acids is 1. The highest BCUT2D eigenvalue weighted by Gasteiger charge is 2.26. The van der Waals surface area contributed by atoms with Gasteiger partial charge in [-0.2, -0.15) is 0 Å². The van der Waals surface area contributed by atoms with Crippen molar-refractivity contribution < 1.29 is 15.0 Å². The molecule has 0 aromatic heterocycles. The van der Waals surface area contributed by atoms with Gasteiger partial charge in [0.1, 0.15) is 0 Å². The number of hydrogen-bond acceptors (Lipinski definition) is 2. The molecule has 0 aliphatic heterocycles. The van der Waals surface area contributed by atoms with Crippen LogP contribution in [0, 0.1) is 11.8 Å². The SMILES string of the molecule is CCCCCCCCCCCCCCCCC(C(=O)O)C(CO)CCCCCCCCCCCC. The van der Waals surface area contributed by atoms with E-state index >= 15 is 0 Å². The summed E-state index contributed by atoms with van der Waals surface area (Å²) in [5, 5.41) is 19.6. The van der Waals surface area contributed by atoms with Crippen molar-refractivity contribution in [1.29, 1.82) is 0 Å². The van der Waals surface area contributed by atoms with Crippen LogP contribution in [0.1, 0.15) is 181 Å². The maximum absolute atomic E-state index is 11.8. The van der Waals surface area contributed by atoms with Crippen LogP contribution in [-0.2, 0) is 4.79 Å². The Bertz CT molecular complexity index is 423. The number of aliphatic carboxylic acids is 1. The minimum absolute atomic E-state index is 0.0208. The second-order valence-corrected chi connectivity index (χ2v) is 11.2. The normalized spacial score (nSPS) is 13.2. The molecule has 0 rings (SSSR count). The molecule has 0 saturated carbocycles. The predicted molar refractivity (Wildman–Crippen MR) is 153 cm³/mol. The number of aliphatic hydroxyl groups is 1. The largest absolute Gasteiger partial charge is 0.481 e. The maximum atomic E-state index is 11.8. The summed E-state index contributed by atoms with van der Waals surface area (Å²) in [4.78, 5) is 11.8. The van der Waals surface area contributed by atoms with Crippen LogP contribution in [-0.4, -0.2) is 22.8 Å². The van der Waals surface area contributed by atoms with Crippen LogP contribution < -0.4 is 0 Å². The Hall–Kier alpha value is -0.570. The summed E-state index contributed by atoms with van der Waals surface area (Å²) < 4.78 is 0. The molecule has 0 aliphatic carbocycles. The Morgan fingerprint density at radius 1 is 0.486 bits per heavy atom. The van der Waals surface area contributed by atoms with E-state index in [1.54, 1.807) is 0 Å². The van der Waals surface area contributed by atoms with E-state index in [4.69, 9.17) is 0 Å². The lowest BCUT2D eigenvalue weighted by Gasteiger charge is -2.22. The van der Waals surface area contributed by atoms with E-state index in [-0.39, 0.29) is 18.4 Å². The van der Waals surface area contributed by atoms with Crippen molar-refractivity contribution in [1.82, 2.24) is 0 Å². The molecule has 0 amide bonds. The smallest absolute Gasteiger partial charge is 0.306 e. The van der Waals surface area contributed by atoms with Crippen molar-refractivity contribution >= 4 is 5.97 Å². The highest BCUT2D eigenvalue weighted by Crippen LogP contribution is 2.25. The standard InChI is InChI=1S/C32H64O3/c1-3-5-7-9-11-13-15-16-17-18-20-22-24-26-28-31(32(34)35)30(29-33)27-25-23-21-19-14-12-10-8-6-4-2/h30-31,33H,3-29H2,1-2H3,(H,34,35). The second kappa shape index (κ2) is 28.0. The number of carbonyl (C=O) groups is 1. The monoisotopic (exact) mass is 496 g/mol. The first kappa shape index (κ1) is 34.4. The van der Waals surface area contributed by atoms with Crippen LogP contribution in [0.25, 0.3) is 0 Å². The van der Waals surface area contributed by atoms with Crippen LogP contribution in [0.15, 0.2) is 0 Å². The fourth-order valence-corrected chi connectivity index (χ4v) is 5.43. The summed E-state index contributed by atoms with van der Waals surface area (Å²) in [7, 11) is 0. The molecule has 35 heavy (non-hydrogen) atoms. The van der Waals surface area contributed by atoms with E-state index in [1.807, 2.05) is 0 Å². The lowest BCUT2D eigenvalue weighted by atomic mass is 9.84. The van der Waals surface area contributed by atoms with E-state index < -0.39 is 5.97 Å². The van der Waals surface area contributed by atoms with Gasteiger partial charge < -0.3 is 10.2 Å². The van der Waals surface area contributed by atoms with Gasteiger partial charge >= 0.3 is 5.97 Å². The molecule has 3 heteroatoms. The minimum atomic E-state index is -0.703. The molecule has 0 fully saturated rings. The number of hydrogen-bond donors (Lipinski definition) is 2.